The number of hydrogen-bond donors (Lipinski definition) is 2. The molecule has 0 aliphatic rings. The Labute approximate surface area is 128 Å². The normalized spacial score (nSPS) is 10.0. The summed E-state index contributed by atoms with van der Waals surface area (Å²) in [6.45, 7) is 0. The van der Waals surface area contributed by atoms with Crippen LogP contribution in [0.15, 0.2) is 79.1 Å². The molecule has 3 aromatic rings. The van der Waals surface area contributed by atoms with E-state index in [1.165, 1.54) is 0 Å². The predicted molar refractivity (Wildman–Crippen MR) is 88.4 cm³/mol. The zero-order valence-electron chi connectivity index (χ0n) is 11.9. The van der Waals surface area contributed by atoms with E-state index in [0.29, 0.717) is 11.3 Å². The molecule has 0 saturated heterocycles. The number of nitrogens with zero attached hydrogens (tertiary/aromatic N) is 1. The summed E-state index contributed by atoms with van der Waals surface area (Å²) in [6.07, 6.45) is 3.28. The summed E-state index contributed by atoms with van der Waals surface area (Å²) in [5, 5.41) is 6.11. The molecule has 3 rings (SSSR count). The number of benzene rings is 2. The van der Waals surface area contributed by atoms with Crippen LogP contribution in [0.3, 0.4) is 0 Å². The highest BCUT2D eigenvalue weighted by Gasteiger charge is 2.11. The third kappa shape index (κ3) is 3.30. The van der Waals surface area contributed by atoms with Crippen molar-refractivity contribution in [3.8, 4) is 0 Å². The van der Waals surface area contributed by atoms with Crippen LogP contribution in [0.25, 0.3) is 0 Å². The van der Waals surface area contributed by atoms with E-state index in [4.69, 9.17) is 0 Å². The zero-order chi connectivity index (χ0) is 15.2. The predicted octanol–water partition coefficient (Wildman–Crippen LogP) is 4.08. The maximum absolute atomic E-state index is 12.4. The van der Waals surface area contributed by atoms with Crippen LogP contribution in [-0.2, 0) is 0 Å². The Morgan fingerprint density at radius 3 is 2.32 bits per heavy atom. The number of anilines is 3. The Balaban J connectivity index is 1.83. The fraction of sp³-hybridized carbons (Fsp3) is 0. The van der Waals surface area contributed by atoms with Gasteiger partial charge in [0.2, 0.25) is 0 Å². The van der Waals surface area contributed by atoms with Gasteiger partial charge in [-0.25, -0.2) is 0 Å². The van der Waals surface area contributed by atoms with Crippen LogP contribution in [-0.4, -0.2) is 10.9 Å². The van der Waals surface area contributed by atoms with E-state index in [-0.39, 0.29) is 5.91 Å². The number of carbonyl (C=O) groups is 1. The van der Waals surface area contributed by atoms with Crippen LogP contribution in [0.4, 0.5) is 17.1 Å². The summed E-state index contributed by atoms with van der Waals surface area (Å²) < 4.78 is 0. The van der Waals surface area contributed by atoms with Crippen LogP contribution in [0.1, 0.15) is 10.4 Å². The Kier molecular flexibility index (Phi) is 4.11. The van der Waals surface area contributed by atoms with Crippen molar-refractivity contribution in [1.29, 1.82) is 0 Å². The molecule has 22 heavy (non-hydrogen) atoms. The molecule has 0 aliphatic carbocycles. The topological polar surface area (TPSA) is 54.0 Å². The first-order chi connectivity index (χ1) is 10.8. The van der Waals surface area contributed by atoms with Gasteiger partial charge in [-0.1, -0.05) is 30.3 Å². The number of aromatic nitrogens is 1. The van der Waals surface area contributed by atoms with Gasteiger partial charge in [0.15, 0.2) is 0 Å². The fourth-order valence-electron chi connectivity index (χ4n) is 2.10. The van der Waals surface area contributed by atoms with Gasteiger partial charge in [0.1, 0.15) is 0 Å². The molecule has 0 atom stereocenters. The number of nitrogens with one attached hydrogen (secondary N) is 2. The lowest BCUT2D eigenvalue weighted by Crippen LogP contribution is -2.13. The Bertz CT molecular complexity index is 758. The molecule has 0 saturated carbocycles. The van der Waals surface area contributed by atoms with E-state index < -0.39 is 0 Å². The molecule has 2 aromatic carbocycles. The molecule has 1 amide bonds. The van der Waals surface area contributed by atoms with E-state index in [0.717, 1.165) is 11.4 Å². The van der Waals surface area contributed by atoms with Gasteiger partial charge in [-0.2, -0.15) is 0 Å². The van der Waals surface area contributed by atoms with Crippen LogP contribution in [0, 0.1) is 0 Å². The maximum Gasteiger partial charge on any atom is 0.257 e. The summed E-state index contributed by atoms with van der Waals surface area (Å²) in [5.41, 5.74) is 2.94. The van der Waals surface area contributed by atoms with Gasteiger partial charge in [0, 0.05) is 11.9 Å². The molecule has 108 valence electrons. The minimum Gasteiger partial charge on any atom is -0.355 e. The lowest BCUT2D eigenvalue weighted by molar-refractivity contribution is 0.102. The molecule has 4 nitrogen and oxygen atoms in total. The molecule has 0 fully saturated rings. The number of para-hydroxylation sites is 2. The lowest BCUT2D eigenvalue weighted by Gasteiger charge is -2.12. The lowest BCUT2D eigenvalue weighted by atomic mass is 10.1. The second-order valence-electron chi connectivity index (χ2n) is 4.73. The van der Waals surface area contributed by atoms with E-state index >= 15 is 0 Å². The second-order valence-corrected chi connectivity index (χ2v) is 4.73. The molecule has 0 spiro atoms. The largest absolute Gasteiger partial charge is 0.355 e. The van der Waals surface area contributed by atoms with Crippen molar-refractivity contribution >= 4 is 23.0 Å². The first-order valence-electron chi connectivity index (χ1n) is 6.95. The van der Waals surface area contributed by atoms with Gasteiger partial charge in [0.05, 0.1) is 23.1 Å². The average Bonchev–Trinajstić information content (AvgIpc) is 2.57. The minimum absolute atomic E-state index is 0.174. The third-order valence-electron chi connectivity index (χ3n) is 3.14. The Morgan fingerprint density at radius 1 is 0.818 bits per heavy atom. The van der Waals surface area contributed by atoms with E-state index in [9.17, 15) is 4.79 Å². The number of hydrogen-bond acceptors (Lipinski definition) is 3. The maximum atomic E-state index is 12.4. The van der Waals surface area contributed by atoms with Crippen molar-refractivity contribution in [2.24, 2.45) is 0 Å². The zero-order valence-corrected chi connectivity index (χ0v) is 11.9. The van der Waals surface area contributed by atoms with E-state index in [1.807, 2.05) is 48.5 Å². The van der Waals surface area contributed by atoms with Gasteiger partial charge in [-0.15, -0.1) is 0 Å². The molecule has 0 radical (unpaired) electrons. The average molecular weight is 289 g/mol. The van der Waals surface area contributed by atoms with Crippen molar-refractivity contribution in [2.75, 3.05) is 10.6 Å². The van der Waals surface area contributed by atoms with Crippen molar-refractivity contribution < 1.29 is 4.79 Å². The quantitative estimate of drug-likeness (QED) is 0.761. The molecule has 0 bridgehead atoms. The summed E-state index contributed by atoms with van der Waals surface area (Å²) in [6, 6.07) is 20.7. The molecule has 0 aliphatic heterocycles. The highest BCUT2D eigenvalue weighted by molar-refractivity contribution is 6.08. The molecule has 2 N–H and O–H groups in total. The van der Waals surface area contributed by atoms with Crippen molar-refractivity contribution in [2.45, 2.75) is 0 Å². The standard InChI is InChI=1S/C18H15N3O/c22-18(21-15-9-6-12-19-13-15)16-10-4-5-11-17(16)20-14-7-2-1-3-8-14/h1-13,20H,(H,21,22). The number of amides is 1. The SMILES string of the molecule is O=C(Nc1cccnc1)c1ccccc1Nc1ccccc1. The summed E-state index contributed by atoms with van der Waals surface area (Å²) in [5.74, 6) is -0.174. The summed E-state index contributed by atoms with van der Waals surface area (Å²) >= 11 is 0. The smallest absolute Gasteiger partial charge is 0.257 e. The van der Waals surface area contributed by atoms with Crippen molar-refractivity contribution in [1.82, 2.24) is 4.98 Å². The molecular weight excluding hydrogens is 274 g/mol. The van der Waals surface area contributed by atoms with Gasteiger partial charge in [0.25, 0.3) is 5.91 Å². The number of carbonyl (C=O) groups excluding carboxylic acids is 1. The molecule has 1 aromatic heterocycles. The van der Waals surface area contributed by atoms with Crippen molar-refractivity contribution in [3.05, 3.63) is 84.7 Å². The monoisotopic (exact) mass is 289 g/mol. The number of pyridine rings is 1. The first kappa shape index (κ1) is 13.8. The molecular formula is C18H15N3O. The molecule has 4 heteroatoms. The highest BCUT2D eigenvalue weighted by Crippen LogP contribution is 2.21. The Morgan fingerprint density at radius 2 is 1.55 bits per heavy atom. The first-order valence-corrected chi connectivity index (χ1v) is 6.95. The van der Waals surface area contributed by atoms with Crippen LogP contribution < -0.4 is 10.6 Å². The van der Waals surface area contributed by atoms with Crippen LogP contribution >= 0.6 is 0 Å². The molecule has 0 unspecified atom stereocenters. The van der Waals surface area contributed by atoms with Crippen LogP contribution in [0.2, 0.25) is 0 Å². The van der Waals surface area contributed by atoms with Crippen LogP contribution in [0.5, 0.6) is 0 Å². The third-order valence-corrected chi connectivity index (χ3v) is 3.14. The van der Waals surface area contributed by atoms with Gasteiger partial charge < -0.3 is 10.6 Å². The van der Waals surface area contributed by atoms with Gasteiger partial charge in [-0.05, 0) is 36.4 Å². The molecule has 1 heterocycles. The van der Waals surface area contributed by atoms with Gasteiger partial charge in [-0.3, -0.25) is 9.78 Å². The fourth-order valence-corrected chi connectivity index (χ4v) is 2.10. The van der Waals surface area contributed by atoms with E-state index in [2.05, 4.69) is 15.6 Å². The number of rotatable bonds is 4. The minimum atomic E-state index is -0.174. The van der Waals surface area contributed by atoms with Gasteiger partial charge >= 0.3 is 0 Å². The van der Waals surface area contributed by atoms with Crippen molar-refractivity contribution in [3.63, 3.8) is 0 Å². The summed E-state index contributed by atoms with van der Waals surface area (Å²) in [7, 11) is 0. The highest BCUT2D eigenvalue weighted by atomic mass is 16.1. The summed E-state index contributed by atoms with van der Waals surface area (Å²) in [4.78, 5) is 16.4. The van der Waals surface area contributed by atoms with E-state index in [1.54, 1.807) is 30.6 Å². The Hall–Kier alpha value is -3.14. The second kappa shape index (κ2) is 6.54.